The Bertz CT molecular complexity index is 603. The van der Waals surface area contributed by atoms with E-state index in [0.29, 0.717) is 30.3 Å². The van der Waals surface area contributed by atoms with Crippen LogP contribution in [0.15, 0.2) is 16.6 Å². The summed E-state index contributed by atoms with van der Waals surface area (Å²) in [6, 6.07) is 3.74. The average Bonchev–Trinajstić information content (AvgIpc) is 2.79. The number of sulfone groups is 1. The van der Waals surface area contributed by atoms with Crippen molar-refractivity contribution < 1.29 is 17.9 Å². The molecular weight excluding hydrogens is 358 g/mol. The van der Waals surface area contributed by atoms with Gasteiger partial charge in [0.25, 0.3) is 0 Å². The monoisotopic (exact) mass is 377 g/mol. The van der Waals surface area contributed by atoms with E-state index >= 15 is 0 Å². The van der Waals surface area contributed by atoms with E-state index < -0.39 is 9.84 Å². The van der Waals surface area contributed by atoms with Crippen LogP contribution >= 0.6 is 15.9 Å². The summed E-state index contributed by atoms with van der Waals surface area (Å²) in [6.45, 7) is 1.07. The highest BCUT2D eigenvalue weighted by atomic mass is 79.9. The molecule has 0 radical (unpaired) electrons. The van der Waals surface area contributed by atoms with Gasteiger partial charge in [0.1, 0.15) is 0 Å². The van der Waals surface area contributed by atoms with Crippen molar-refractivity contribution in [3.05, 3.63) is 22.2 Å². The number of hydrogen-bond acceptors (Lipinski definition) is 5. The molecular formula is C14H20BrNO4S. The summed E-state index contributed by atoms with van der Waals surface area (Å²) in [5.41, 5.74) is 1.00. The Hall–Kier alpha value is -0.790. The minimum Gasteiger partial charge on any atom is -0.493 e. The second kappa shape index (κ2) is 6.98. The van der Waals surface area contributed by atoms with Crippen LogP contribution in [0.2, 0.25) is 0 Å². The molecule has 1 heterocycles. The van der Waals surface area contributed by atoms with Gasteiger partial charge < -0.3 is 14.8 Å². The van der Waals surface area contributed by atoms with Gasteiger partial charge in [0, 0.05) is 17.6 Å². The fourth-order valence-electron chi connectivity index (χ4n) is 2.49. The Morgan fingerprint density at radius 1 is 1.29 bits per heavy atom. The van der Waals surface area contributed by atoms with Crippen LogP contribution in [0.25, 0.3) is 0 Å². The molecule has 1 aliphatic rings. The molecule has 118 valence electrons. The fourth-order valence-corrected chi connectivity index (χ4v) is 4.75. The smallest absolute Gasteiger partial charge is 0.161 e. The summed E-state index contributed by atoms with van der Waals surface area (Å²) in [5.74, 6) is 1.64. The third-order valence-corrected chi connectivity index (χ3v) is 6.72. The molecule has 1 unspecified atom stereocenters. The average molecular weight is 378 g/mol. The standard InChI is InChI=1S/C14H20BrNO4S/c1-19-13-6-10(12(15)7-14(13)20-2)8-16-9-11-4-3-5-21(11,17)18/h6-7,11,16H,3-5,8-9H2,1-2H3. The van der Waals surface area contributed by atoms with Gasteiger partial charge in [-0.1, -0.05) is 15.9 Å². The molecule has 0 aliphatic carbocycles. The number of methoxy groups -OCH3 is 2. The first-order valence-electron chi connectivity index (χ1n) is 6.80. The van der Waals surface area contributed by atoms with Crippen LogP contribution in [-0.4, -0.2) is 40.2 Å². The van der Waals surface area contributed by atoms with Gasteiger partial charge in [0.2, 0.25) is 0 Å². The zero-order chi connectivity index (χ0) is 15.5. The van der Waals surface area contributed by atoms with Crippen molar-refractivity contribution in [2.45, 2.75) is 24.6 Å². The van der Waals surface area contributed by atoms with Gasteiger partial charge in [-0.3, -0.25) is 0 Å². The summed E-state index contributed by atoms with van der Waals surface area (Å²) in [6.07, 6.45) is 1.52. The summed E-state index contributed by atoms with van der Waals surface area (Å²) >= 11 is 3.49. The van der Waals surface area contributed by atoms with E-state index in [-0.39, 0.29) is 5.25 Å². The van der Waals surface area contributed by atoms with Crippen LogP contribution in [-0.2, 0) is 16.4 Å². The minimum atomic E-state index is -2.89. The van der Waals surface area contributed by atoms with Gasteiger partial charge >= 0.3 is 0 Å². The SMILES string of the molecule is COc1cc(Br)c(CNCC2CCCS2(=O)=O)cc1OC. The molecule has 21 heavy (non-hydrogen) atoms. The molecule has 1 N–H and O–H groups in total. The predicted molar refractivity (Wildman–Crippen MR) is 85.8 cm³/mol. The number of benzene rings is 1. The predicted octanol–water partition coefficient (Wildman–Crippen LogP) is 2.13. The van der Waals surface area contributed by atoms with E-state index in [0.717, 1.165) is 22.9 Å². The zero-order valence-corrected chi connectivity index (χ0v) is 14.6. The first kappa shape index (κ1) is 16.6. The fraction of sp³-hybridized carbons (Fsp3) is 0.571. The molecule has 0 saturated carbocycles. The van der Waals surface area contributed by atoms with E-state index in [2.05, 4.69) is 21.2 Å². The number of nitrogens with one attached hydrogen (secondary N) is 1. The van der Waals surface area contributed by atoms with Crippen LogP contribution in [0.5, 0.6) is 11.5 Å². The highest BCUT2D eigenvalue weighted by molar-refractivity contribution is 9.10. The number of halogens is 1. The molecule has 5 nitrogen and oxygen atoms in total. The number of rotatable bonds is 6. The molecule has 1 aliphatic heterocycles. The van der Waals surface area contributed by atoms with Crippen LogP contribution < -0.4 is 14.8 Å². The van der Waals surface area contributed by atoms with Crippen molar-refractivity contribution >= 4 is 25.8 Å². The Labute approximate surface area is 134 Å². The van der Waals surface area contributed by atoms with Gasteiger partial charge in [0.15, 0.2) is 21.3 Å². The summed E-state index contributed by atoms with van der Waals surface area (Å²) in [7, 11) is 0.288. The normalized spacial score (nSPS) is 20.4. The van der Waals surface area contributed by atoms with Gasteiger partial charge in [-0.25, -0.2) is 8.42 Å². The molecule has 1 aromatic carbocycles. The van der Waals surface area contributed by atoms with Gasteiger partial charge in [-0.15, -0.1) is 0 Å². The van der Waals surface area contributed by atoms with Gasteiger partial charge in [-0.05, 0) is 30.5 Å². The Balaban J connectivity index is 2.00. The van der Waals surface area contributed by atoms with Crippen molar-refractivity contribution in [1.29, 1.82) is 0 Å². The third kappa shape index (κ3) is 3.90. The molecule has 0 spiro atoms. The van der Waals surface area contributed by atoms with Crippen molar-refractivity contribution in [2.75, 3.05) is 26.5 Å². The van der Waals surface area contributed by atoms with Crippen LogP contribution in [0.3, 0.4) is 0 Å². The van der Waals surface area contributed by atoms with Crippen LogP contribution in [0.1, 0.15) is 18.4 Å². The summed E-state index contributed by atoms with van der Waals surface area (Å²) in [4.78, 5) is 0. The molecule has 0 amide bonds. The summed E-state index contributed by atoms with van der Waals surface area (Å²) < 4.78 is 34.9. The highest BCUT2D eigenvalue weighted by Crippen LogP contribution is 2.33. The lowest BCUT2D eigenvalue weighted by molar-refractivity contribution is 0.354. The van der Waals surface area contributed by atoms with Gasteiger partial charge in [0.05, 0.1) is 25.2 Å². The Kier molecular flexibility index (Phi) is 5.51. The Morgan fingerprint density at radius 2 is 1.95 bits per heavy atom. The van der Waals surface area contributed by atoms with E-state index in [1.54, 1.807) is 14.2 Å². The topological polar surface area (TPSA) is 64.6 Å². The second-order valence-electron chi connectivity index (χ2n) is 5.06. The second-order valence-corrected chi connectivity index (χ2v) is 8.32. The lowest BCUT2D eigenvalue weighted by atomic mass is 10.2. The first-order valence-corrected chi connectivity index (χ1v) is 9.31. The van der Waals surface area contributed by atoms with Crippen molar-refractivity contribution in [1.82, 2.24) is 5.32 Å². The van der Waals surface area contributed by atoms with Crippen LogP contribution in [0, 0.1) is 0 Å². The molecule has 1 saturated heterocycles. The summed E-state index contributed by atoms with van der Waals surface area (Å²) in [5, 5.41) is 2.97. The van der Waals surface area contributed by atoms with Crippen molar-refractivity contribution in [3.8, 4) is 11.5 Å². The molecule has 1 atom stereocenters. The van der Waals surface area contributed by atoms with E-state index in [9.17, 15) is 8.42 Å². The van der Waals surface area contributed by atoms with Crippen molar-refractivity contribution in [3.63, 3.8) is 0 Å². The quantitative estimate of drug-likeness (QED) is 0.822. The molecule has 1 fully saturated rings. The maximum absolute atomic E-state index is 11.8. The van der Waals surface area contributed by atoms with E-state index in [4.69, 9.17) is 9.47 Å². The maximum Gasteiger partial charge on any atom is 0.161 e. The maximum atomic E-state index is 11.8. The first-order chi connectivity index (χ1) is 9.97. The molecule has 7 heteroatoms. The highest BCUT2D eigenvalue weighted by Gasteiger charge is 2.30. The molecule has 1 aromatic rings. The lowest BCUT2D eigenvalue weighted by Gasteiger charge is -2.14. The van der Waals surface area contributed by atoms with Gasteiger partial charge in [-0.2, -0.15) is 0 Å². The largest absolute Gasteiger partial charge is 0.493 e. The van der Waals surface area contributed by atoms with E-state index in [1.165, 1.54) is 0 Å². The number of ether oxygens (including phenoxy) is 2. The third-order valence-electron chi connectivity index (χ3n) is 3.70. The number of hydrogen-bond donors (Lipinski definition) is 1. The van der Waals surface area contributed by atoms with E-state index in [1.807, 2.05) is 12.1 Å². The molecule has 2 rings (SSSR count). The molecule has 0 aromatic heterocycles. The Morgan fingerprint density at radius 3 is 2.52 bits per heavy atom. The van der Waals surface area contributed by atoms with Crippen molar-refractivity contribution in [2.24, 2.45) is 0 Å². The molecule has 0 bridgehead atoms. The lowest BCUT2D eigenvalue weighted by Crippen LogP contribution is -2.30. The minimum absolute atomic E-state index is 0.253. The van der Waals surface area contributed by atoms with Crippen LogP contribution in [0.4, 0.5) is 0 Å². The zero-order valence-electron chi connectivity index (χ0n) is 12.2.